The molecule has 1 unspecified atom stereocenters. The van der Waals surface area contributed by atoms with Gasteiger partial charge in [0.1, 0.15) is 34.6 Å². The molecule has 24 heteroatoms. The average molecular weight is 1550 g/mol. The van der Waals surface area contributed by atoms with E-state index in [1.54, 1.807) is 144 Å². The number of nitrogens with zero attached hydrogens (tertiary/aromatic N) is 9. The molecule has 23 nitrogen and oxygen atoms in total. The number of hydrogen-bond acceptors (Lipinski definition) is 17. The molecule has 14 aromatic rings. The maximum atomic E-state index is 13.1. The minimum absolute atomic E-state index is 0.0663. The van der Waals surface area contributed by atoms with Crippen LogP contribution in [0.2, 0.25) is 0 Å². The third-order valence-electron chi connectivity index (χ3n) is 19.0. The monoisotopic (exact) mass is 1550 g/mol. The lowest BCUT2D eigenvalue weighted by molar-refractivity contribution is -0.118. The van der Waals surface area contributed by atoms with Gasteiger partial charge >= 0.3 is 0 Å². The SMILES string of the molecule is CC(C)c1ccc(CC(=O)Cc2nn(C)c(=O)c3ccccc23)cc1.CC(F)Oc1ccccc1CC(=O)Cc1n[nH]c(=O)c2ccccc12.CCC(=O)Cc1nn(C)c(=O)c2ccccc12.CCn1nc(C(=O)Nc2ccc(OC)cc2)c2ccccc2c1=O.Cc1ccc(C)c(CC(=O)Cc2nn(C)c(=O)c3ccccc23)c1. The Hall–Kier alpha value is -13.6. The zero-order valence-electron chi connectivity index (χ0n) is 66.0. The van der Waals surface area contributed by atoms with Crippen LogP contribution in [0.1, 0.15) is 114 Å². The molecule has 0 saturated carbocycles. The normalized spacial score (nSPS) is 11.1. The molecule has 0 radical (unpaired) electrons. The Balaban J connectivity index is 0.000000153. The predicted octanol–water partition coefficient (Wildman–Crippen LogP) is 13.4. The number of methoxy groups -OCH3 is 1. The molecule has 1 atom stereocenters. The number of fused-ring (bicyclic) bond motifs is 5. The van der Waals surface area contributed by atoms with E-state index in [2.05, 4.69) is 68.0 Å². The highest BCUT2D eigenvalue weighted by Gasteiger charge is 2.21. The van der Waals surface area contributed by atoms with Crippen LogP contribution in [-0.4, -0.2) is 91.8 Å². The smallest absolute Gasteiger partial charge is 0.276 e. The average Bonchev–Trinajstić information content (AvgIpc) is 0.802. The van der Waals surface area contributed by atoms with Gasteiger partial charge in [0.15, 0.2) is 5.69 Å². The molecule has 5 heterocycles. The summed E-state index contributed by atoms with van der Waals surface area (Å²) in [7, 11) is 6.42. The van der Waals surface area contributed by atoms with E-state index in [0.717, 1.165) is 38.4 Å². The molecule has 115 heavy (non-hydrogen) atoms. The van der Waals surface area contributed by atoms with Crippen molar-refractivity contribution in [3.05, 3.63) is 326 Å². The van der Waals surface area contributed by atoms with Crippen molar-refractivity contribution in [1.29, 1.82) is 0 Å². The minimum atomic E-state index is -1.46. The Bertz CT molecular complexity index is 6250. The molecule has 0 spiro atoms. The molecule has 0 aliphatic carbocycles. The topological polar surface area (TPSA) is 301 Å². The van der Waals surface area contributed by atoms with E-state index < -0.39 is 6.36 Å². The van der Waals surface area contributed by atoms with E-state index in [1.165, 1.54) is 31.2 Å². The molecule has 588 valence electrons. The first-order chi connectivity index (χ1) is 55.2. The Morgan fingerprint density at radius 1 is 0.452 bits per heavy atom. The maximum Gasteiger partial charge on any atom is 0.276 e. The molecule has 1 amide bonds. The van der Waals surface area contributed by atoms with Crippen LogP contribution in [0.3, 0.4) is 0 Å². The summed E-state index contributed by atoms with van der Waals surface area (Å²) in [6.07, 6.45) is 0.673. The van der Waals surface area contributed by atoms with E-state index >= 15 is 0 Å². The van der Waals surface area contributed by atoms with Crippen LogP contribution < -0.4 is 42.6 Å². The second kappa shape index (κ2) is 39.0. The van der Waals surface area contributed by atoms with E-state index in [4.69, 9.17) is 9.47 Å². The number of ether oxygens (including phenoxy) is 2. The number of H-pyrrole nitrogens is 1. The van der Waals surface area contributed by atoms with Crippen molar-refractivity contribution in [2.45, 2.75) is 119 Å². The summed E-state index contributed by atoms with van der Waals surface area (Å²) in [5.74, 6) is 1.38. The van der Waals surface area contributed by atoms with Crippen molar-refractivity contribution >= 4 is 88.6 Å². The number of para-hydroxylation sites is 1. The van der Waals surface area contributed by atoms with Crippen molar-refractivity contribution in [1.82, 2.24) is 49.3 Å². The van der Waals surface area contributed by atoms with Gasteiger partial charge in [-0.2, -0.15) is 25.5 Å². The number of aromatic amines is 1. The molecule has 0 fully saturated rings. The fourth-order valence-corrected chi connectivity index (χ4v) is 13.0. The molecule has 9 aromatic carbocycles. The molecule has 0 saturated heterocycles. The van der Waals surface area contributed by atoms with Crippen LogP contribution in [0.4, 0.5) is 10.1 Å². The van der Waals surface area contributed by atoms with Crippen LogP contribution in [0.5, 0.6) is 11.5 Å². The first-order valence-corrected chi connectivity index (χ1v) is 37.6. The lowest BCUT2D eigenvalue weighted by Gasteiger charge is -2.11. The molecular formula is C91H90FN11O12. The zero-order chi connectivity index (χ0) is 82.6. The van der Waals surface area contributed by atoms with Crippen LogP contribution in [-0.2, 0) is 91.8 Å². The Morgan fingerprint density at radius 2 is 0.878 bits per heavy atom. The van der Waals surface area contributed by atoms with Crippen LogP contribution in [0.15, 0.2) is 236 Å². The highest BCUT2D eigenvalue weighted by molar-refractivity contribution is 6.11. The summed E-state index contributed by atoms with van der Waals surface area (Å²) in [5, 5.41) is 32.5. The van der Waals surface area contributed by atoms with Crippen molar-refractivity contribution in [2.75, 3.05) is 12.4 Å². The van der Waals surface area contributed by atoms with Gasteiger partial charge in [0.05, 0.1) is 82.5 Å². The summed E-state index contributed by atoms with van der Waals surface area (Å²) in [6, 6.07) is 64.1. The second-order valence-electron chi connectivity index (χ2n) is 27.8. The standard InChI is InChI=1S/C21H22N2O2.C20H20N2O2.C19H17FN2O3.C18H17N3O3.C13H14N2O2/c1-14(2)16-10-8-15(9-11-16)12-17(24)13-20-18-6-4-5-7-19(18)21(25)23(3)22-20;1-13-8-9-14(2)15(10-13)11-16(23)12-19-17-6-4-5-7-18(17)20(24)22(3)21-19;1-12(20)25-18-9-5-2-6-13(18)10-14(23)11-17-15-7-3-4-8-16(15)19(24)22-21-17;1-3-21-18(23)15-7-5-4-6-14(15)16(20-21)17(22)19-12-8-10-13(24-2)11-9-12;1-3-9(16)8-12-10-6-4-5-7-11(10)13(17)15(2)14-12/h4-11,14H,12-13H2,1-3H3;4-10H,11-12H2,1-3H3;2-9,12H,10-11H2,1H3,(H,22,24);4-11H,3H2,1-2H3,(H,19,22);4-7H,3,8H2,1-2H3. The number of amides is 1. The maximum absolute atomic E-state index is 13.1. The number of aryl methyl sites for hydroxylation is 6. The Morgan fingerprint density at radius 3 is 1.36 bits per heavy atom. The molecular weight excluding hydrogens is 1460 g/mol. The van der Waals surface area contributed by atoms with Crippen molar-refractivity contribution in [3.63, 3.8) is 0 Å². The molecule has 14 rings (SSSR count). The molecule has 2 N–H and O–H groups in total. The summed E-state index contributed by atoms with van der Waals surface area (Å²) < 4.78 is 28.5. The number of benzene rings is 9. The summed E-state index contributed by atoms with van der Waals surface area (Å²) in [4.78, 5) is 122. The van der Waals surface area contributed by atoms with Gasteiger partial charge in [-0.3, -0.25) is 47.9 Å². The van der Waals surface area contributed by atoms with Gasteiger partial charge in [0.2, 0.25) is 6.36 Å². The summed E-state index contributed by atoms with van der Waals surface area (Å²) >= 11 is 0. The first kappa shape index (κ1) is 83.8. The number of carbonyl (C=O) groups excluding carboxylic acids is 5. The second-order valence-corrected chi connectivity index (χ2v) is 27.8. The summed E-state index contributed by atoms with van der Waals surface area (Å²) in [6.45, 7) is 13.7. The largest absolute Gasteiger partial charge is 0.497 e. The summed E-state index contributed by atoms with van der Waals surface area (Å²) in [5.41, 5.74) is 8.64. The number of rotatable bonds is 22. The molecule has 5 aromatic heterocycles. The van der Waals surface area contributed by atoms with Gasteiger partial charge in [0.25, 0.3) is 33.7 Å². The molecule has 0 aliphatic heterocycles. The number of nitrogens with one attached hydrogen (secondary N) is 2. The van der Waals surface area contributed by atoms with Gasteiger partial charge in [-0.25, -0.2) is 28.2 Å². The highest BCUT2D eigenvalue weighted by Crippen LogP contribution is 2.25. The fourth-order valence-electron chi connectivity index (χ4n) is 13.0. The van der Waals surface area contributed by atoms with E-state index in [9.17, 15) is 52.3 Å². The molecule has 0 aliphatic rings. The Kier molecular flexibility index (Phi) is 28.4. The number of hydrogen-bond donors (Lipinski definition) is 2. The van der Waals surface area contributed by atoms with Crippen LogP contribution in [0.25, 0.3) is 53.9 Å². The number of aromatic nitrogens is 10. The number of carbonyl (C=O) groups is 5. The van der Waals surface area contributed by atoms with Crippen molar-refractivity contribution in [2.24, 2.45) is 21.1 Å². The van der Waals surface area contributed by atoms with Gasteiger partial charge < -0.3 is 14.8 Å². The predicted molar refractivity (Wildman–Crippen MR) is 446 cm³/mol. The van der Waals surface area contributed by atoms with E-state index in [0.29, 0.717) is 115 Å². The number of alkyl halides is 1. The number of Topliss-reactive ketones (excluding diaryl/α,β-unsaturated/α-hetero) is 4. The third kappa shape index (κ3) is 21.5. The number of anilines is 1. The van der Waals surface area contributed by atoms with Gasteiger partial charge in [0, 0.05) is 98.5 Å². The van der Waals surface area contributed by atoms with Crippen LogP contribution in [0, 0.1) is 13.8 Å². The van der Waals surface area contributed by atoms with Crippen LogP contribution >= 0.6 is 0 Å². The lowest BCUT2D eigenvalue weighted by atomic mass is 9.98. The fraction of sp³-hybridized carbons (Fsp3) is 0.242. The van der Waals surface area contributed by atoms with E-state index in [-0.39, 0.29) is 94.6 Å². The Labute approximate surface area is 662 Å². The van der Waals surface area contributed by atoms with Crippen molar-refractivity contribution in [3.8, 4) is 11.5 Å². The quantitative estimate of drug-likeness (QED) is 0.0637. The van der Waals surface area contributed by atoms with Gasteiger partial charge in [-0.1, -0.05) is 178 Å². The minimum Gasteiger partial charge on any atom is -0.497 e. The van der Waals surface area contributed by atoms with Gasteiger partial charge in [-0.05, 0) is 110 Å². The number of ketones is 4. The lowest BCUT2D eigenvalue weighted by Crippen LogP contribution is -2.27. The molecule has 0 bridgehead atoms. The zero-order valence-corrected chi connectivity index (χ0v) is 66.0. The first-order valence-electron chi connectivity index (χ1n) is 37.6. The van der Waals surface area contributed by atoms with Crippen molar-refractivity contribution < 1.29 is 37.8 Å². The highest BCUT2D eigenvalue weighted by atomic mass is 19.1. The van der Waals surface area contributed by atoms with E-state index in [1.807, 2.05) is 107 Å². The van der Waals surface area contributed by atoms with Gasteiger partial charge in [-0.15, -0.1) is 0 Å². The number of halogens is 1. The third-order valence-corrected chi connectivity index (χ3v) is 19.0.